The largest absolute Gasteiger partial charge is 0.337 e. The van der Waals surface area contributed by atoms with Crippen molar-refractivity contribution in [1.82, 2.24) is 9.88 Å². The Morgan fingerprint density at radius 3 is 2.36 bits per heavy atom. The van der Waals surface area contributed by atoms with Crippen molar-refractivity contribution in [2.75, 3.05) is 13.1 Å². The number of nitrogens with zero attached hydrogens (tertiary/aromatic N) is 2. The maximum absolute atomic E-state index is 12.8. The standard InChI is InChI=1S/C23H22N2O2S/c1-16-7-9-19(10-8-16)22-24-20(15-28-22)23(27)25-13-11-18(12-14-25)21(26)17-5-3-2-4-6-17/h2-10,15,18H,11-14H2,1H3. The zero-order chi connectivity index (χ0) is 19.5. The predicted octanol–water partition coefficient (Wildman–Crippen LogP) is 4.85. The summed E-state index contributed by atoms with van der Waals surface area (Å²) in [6.07, 6.45) is 1.41. The average molecular weight is 391 g/mol. The molecular weight excluding hydrogens is 368 g/mol. The van der Waals surface area contributed by atoms with Crippen LogP contribution in [-0.2, 0) is 0 Å². The molecule has 0 spiro atoms. The van der Waals surface area contributed by atoms with Crippen LogP contribution in [0.15, 0.2) is 60.0 Å². The topological polar surface area (TPSA) is 50.3 Å². The highest BCUT2D eigenvalue weighted by Gasteiger charge is 2.29. The molecule has 1 fully saturated rings. The fourth-order valence-electron chi connectivity index (χ4n) is 3.55. The molecule has 0 N–H and O–H groups in total. The Kier molecular flexibility index (Phi) is 5.35. The van der Waals surface area contributed by atoms with Crippen LogP contribution in [0.25, 0.3) is 10.6 Å². The quantitative estimate of drug-likeness (QED) is 0.598. The van der Waals surface area contributed by atoms with Gasteiger partial charge in [-0.25, -0.2) is 4.98 Å². The van der Waals surface area contributed by atoms with Gasteiger partial charge in [-0.05, 0) is 19.8 Å². The molecule has 28 heavy (non-hydrogen) atoms. The molecule has 4 rings (SSSR count). The summed E-state index contributed by atoms with van der Waals surface area (Å²) >= 11 is 1.49. The van der Waals surface area contributed by atoms with Crippen LogP contribution in [0.4, 0.5) is 0 Å². The van der Waals surface area contributed by atoms with Crippen molar-refractivity contribution < 1.29 is 9.59 Å². The van der Waals surface area contributed by atoms with Crippen molar-refractivity contribution in [3.05, 3.63) is 76.8 Å². The number of hydrogen-bond acceptors (Lipinski definition) is 4. The van der Waals surface area contributed by atoms with E-state index in [0.29, 0.717) is 31.6 Å². The summed E-state index contributed by atoms with van der Waals surface area (Å²) in [6.45, 7) is 3.24. The van der Waals surface area contributed by atoms with E-state index in [9.17, 15) is 9.59 Å². The van der Waals surface area contributed by atoms with Crippen molar-refractivity contribution in [2.24, 2.45) is 5.92 Å². The molecule has 0 radical (unpaired) electrons. The van der Waals surface area contributed by atoms with Gasteiger partial charge >= 0.3 is 0 Å². The van der Waals surface area contributed by atoms with E-state index in [0.717, 1.165) is 16.1 Å². The summed E-state index contributed by atoms with van der Waals surface area (Å²) in [5.74, 6) is 0.133. The Balaban J connectivity index is 1.39. The van der Waals surface area contributed by atoms with Crippen molar-refractivity contribution in [2.45, 2.75) is 19.8 Å². The molecule has 1 aromatic heterocycles. The van der Waals surface area contributed by atoms with E-state index < -0.39 is 0 Å². The molecule has 142 valence electrons. The Morgan fingerprint density at radius 2 is 1.68 bits per heavy atom. The first-order valence-corrected chi connectivity index (χ1v) is 10.4. The second kappa shape index (κ2) is 8.07. The lowest BCUT2D eigenvalue weighted by Crippen LogP contribution is -2.40. The number of ketones is 1. The summed E-state index contributed by atoms with van der Waals surface area (Å²) in [6, 6.07) is 17.6. The zero-order valence-electron chi connectivity index (χ0n) is 15.8. The van der Waals surface area contributed by atoms with Gasteiger partial charge in [-0.3, -0.25) is 9.59 Å². The summed E-state index contributed by atoms with van der Waals surface area (Å²) in [4.78, 5) is 31.8. The first kappa shape index (κ1) is 18.6. The molecule has 1 aliphatic heterocycles. The minimum absolute atomic E-state index is 0.00926. The third-order valence-electron chi connectivity index (χ3n) is 5.23. The van der Waals surface area contributed by atoms with Gasteiger partial charge in [0.1, 0.15) is 10.7 Å². The maximum atomic E-state index is 12.8. The van der Waals surface area contributed by atoms with Gasteiger partial charge in [-0.2, -0.15) is 0 Å². The number of aromatic nitrogens is 1. The Morgan fingerprint density at radius 1 is 1.00 bits per heavy atom. The van der Waals surface area contributed by atoms with Crippen LogP contribution >= 0.6 is 11.3 Å². The number of amides is 1. The normalized spacial score (nSPS) is 14.8. The molecule has 1 amide bonds. The fraction of sp³-hybridized carbons (Fsp3) is 0.261. The Hall–Kier alpha value is -2.79. The summed E-state index contributed by atoms with van der Waals surface area (Å²) in [7, 11) is 0. The van der Waals surface area contributed by atoms with Crippen LogP contribution in [0, 0.1) is 12.8 Å². The third kappa shape index (κ3) is 3.90. The lowest BCUT2D eigenvalue weighted by atomic mass is 9.89. The number of piperidine rings is 1. The van der Waals surface area contributed by atoms with Crippen LogP contribution < -0.4 is 0 Å². The van der Waals surface area contributed by atoms with Crippen LogP contribution in [0.2, 0.25) is 0 Å². The van der Waals surface area contributed by atoms with Gasteiger partial charge in [0, 0.05) is 35.5 Å². The van der Waals surface area contributed by atoms with E-state index in [1.165, 1.54) is 16.9 Å². The summed E-state index contributed by atoms with van der Waals surface area (Å²) in [5.41, 5.74) is 3.48. The van der Waals surface area contributed by atoms with E-state index >= 15 is 0 Å². The predicted molar refractivity (Wildman–Crippen MR) is 112 cm³/mol. The lowest BCUT2D eigenvalue weighted by molar-refractivity contribution is 0.0646. The minimum atomic E-state index is -0.0415. The maximum Gasteiger partial charge on any atom is 0.273 e. The van der Waals surface area contributed by atoms with E-state index in [1.54, 1.807) is 0 Å². The van der Waals surface area contributed by atoms with Crippen molar-refractivity contribution in [3.8, 4) is 10.6 Å². The Bertz CT molecular complexity index is 971. The number of rotatable bonds is 4. The highest BCUT2D eigenvalue weighted by molar-refractivity contribution is 7.13. The molecule has 1 aliphatic rings. The first-order valence-electron chi connectivity index (χ1n) is 9.53. The van der Waals surface area contributed by atoms with E-state index in [4.69, 9.17) is 0 Å². The molecule has 0 unspecified atom stereocenters. The molecule has 0 aliphatic carbocycles. The number of benzene rings is 2. The molecule has 0 atom stereocenters. The summed E-state index contributed by atoms with van der Waals surface area (Å²) < 4.78 is 0. The van der Waals surface area contributed by atoms with E-state index in [1.807, 2.05) is 71.8 Å². The highest BCUT2D eigenvalue weighted by atomic mass is 32.1. The molecule has 0 saturated carbocycles. The second-order valence-electron chi connectivity index (χ2n) is 7.20. The SMILES string of the molecule is Cc1ccc(-c2nc(C(=O)N3CCC(C(=O)c4ccccc4)CC3)cs2)cc1. The average Bonchev–Trinajstić information content (AvgIpc) is 3.24. The van der Waals surface area contributed by atoms with Crippen LogP contribution in [0.5, 0.6) is 0 Å². The smallest absolute Gasteiger partial charge is 0.273 e. The second-order valence-corrected chi connectivity index (χ2v) is 8.06. The van der Waals surface area contributed by atoms with Crippen LogP contribution in [0.3, 0.4) is 0 Å². The lowest BCUT2D eigenvalue weighted by Gasteiger charge is -2.30. The molecule has 2 aromatic carbocycles. The van der Waals surface area contributed by atoms with Crippen molar-refractivity contribution in [1.29, 1.82) is 0 Å². The fourth-order valence-corrected chi connectivity index (χ4v) is 4.35. The van der Waals surface area contributed by atoms with Gasteiger partial charge in [-0.1, -0.05) is 60.2 Å². The number of hydrogen-bond donors (Lipinski definition) is 0. The van der Waals surface area contributed by atoms with E-state index in [2.05, 4.69) is 4.98 Å². The highest BCUT2D eigenvalue weighted by Crippen LogP contribution is 2.26. The molecule has 1 saturated heterocycles. The van der Waals surface area contributed by atoms with Gasteiger partial charge in [0.2, 0.25) is 0 Å². The minimum Gasteiger partial charge on any atom is -0.337 e. The number of likely N-dealkylation sites (tertiary alicyclic amines) is 1. The molecular formula is C23H22N2O2S. The molecule has 2 heterocycles. The van der Waals surface area contributed by atoms with Crippen molar-refractivity contribution in [3.63, 3.8) is 0 Å². The molecule has 5 heteroatoms. The first-order chi connectivity index (χ1) is 13.6. The third-order valence-corrected chi connectivity index (χ3v) is 6.12. The summed E-state index contributed by atoms with van der Waals surface area (Å²) in [5, 5.41) is 2.69. The van der Waals surface area contributed by atoms with Crippen LogP contribution in [-0.4, -0.2) is 34.7 Å². The number of thiazole rings is 1. The van der Waals surface area contributed by atoms with E-state index in [-0.39, 0.29) is 17.6 Å². The van der Waals surface area contributed by atoms with Gasteiger partial charge < -0.3 is 4.90 Å². The van der Waals surface area contributed by atoms with Gasteiger partial charge in [0.05, 0.1) is 0 Å². The Labute approximate surface area is 168 Å². The number of carbonyl (C=O) groups excluding carboxylic acids is 2. The zero-order valence-corrected chi connectivity index (χ0v) is 16.6. The van der Waals surface area contributed by atoms with Crippen molar-refractivity contribution >= 4 is 23.0 Å². The monoisotopic (exact) mass is 390 g/mol. The molecule has 3 aromatic rings. The van der Waals surface area contributed by atoms with Gasteiger partial charge in [0.25, 0.3) is 5.91 Å². The molecule has 4 nitrogen and oxygen atoms in total. The van der Waals surface area contributed by atoms with Gasteiger partial charge in [-0.15, -0.1) is 11.3 Å². The molecule has 0 bridgehead atoms. The van der Waals surface area contributed by atoms with Gasteiger partial charge in [0.15, 0.2) is 5.78 Å². The number of aryl methyl sites for hydroxylation is 1. The number of carbonyl (C=O) groups is 2. The van der Waals surface area contributed by atoms with Crippen LogP contribution in [0.1, 0.15) is 39.3 Å². The number of Topliss-reactive ketones (excluding diaryl/α,β-unsaturated/α-hetero) is 1.